The molecule has 3 nitrogen and oxygen atoms in total. The molecule has 104 valence electrons. The second-order valence-electron chi connectivity index (χ2n) is 4.32. The van der Waals surface area contributed by atoms with Gasteiger partial charge in [-0.2, -0.15) is 8.78 Å². The third kappa shape index (κ3) is 10.2. The van der Waals surface area contributed by atoms with E-state index in [1.165, 1.54) is 6.42 Å². The Morgan fingerprint density at radius 1 is 0.944 bits per heavy atom. The predicted molar refractivity (Wildman–Crippen MR) is 61.9 cm³/mol. The molecule has 18 heavy (non-hydrogen) atoms. The molecule has 0 fully saturated rings. The van der Waals surface area contributed by atoms with E-state index in [2.05, 4.69) is 6.92 Å². The predicted octanol–water partition coefficient (Wildman–Crippen LogP) is 0.659. The van der Waals surface area contributed by atoms with Crippen LogP contribution >= 0.6 is 0 Å². The van der Waals surface area contributed by atoms with Crippen molar-refractivity contribution in [3.63, 3.8) is 0 Å². The van der Waals surface area contributed by atoms with Gasteiger partial charge < -0.3 is 4.55 Å². The molecule has 0 atom stereocenters. The normalized spacial score (nSPS) is 12.2. The molecular formula is C11H21F2KO3S. The van der Waals surface area contributed by atoms with E-state index < -0.39 is 21.8 Å². The fourth-order valence-corrected chi connectivity index (χ4v) is 1.98. The maximum absolute atomic E-state index is 12.7. The first-order valence-corrected chi connectivity index (χ1v) is 7.55. The van der Waals surface area contributed by atoms with Gasteiger partial charge in [-0.15, -0.1) is 0 Å². The summed E-state index contributed by atoms with van der Waals surface area (Å²) >= 11 is 0. The first-order chi connectivity index (χ1) is 7.81. The minimum Gasteiger partial charge on any atom is -0.743 e. The molecule has 0 bridgehead atoms. The summed E-state index contributed by atoms with van der Waals surface area (Å²) in [7, 11) is -5.49. The molecule has 0 aliphatic heterocycles. The Morgan fingerprint density at radius 2 is 1.33 bits per heavy atom. The Kier molecular flexibility index (Phi) is 13.4. The number of hydrogen-bond donors (Lipinski definition) is 0. The Bertz CT molecular complexity index is 295. The third-order valence-corrected chi connectivity index (χ3v) is 3.62. The topological polar surface area (TPSA) is 57.2 Å². The van der Waals surface area contributed by atoms with Gasteiger partial charge in [-0.3, -0.25) is 0 Å². The van der Waals surface area contributed by atoms with Crippen molar-refractivity contribution in [2.75, 3.05) is 0 Å². The van der Waals surface area contributed by atoms with Crippen LogP contribution in [0.15, 0.2) is 0 Å². The van der Waals surface area contributed by atoms with Crippen LogP contribution in [-0.4, -0.2) is 18.2 Å². The number of alkyl halides is 2. The van der Waals surface area contributed by atoms with Crippen LogP contribution in [0.5, 0.6) is 0 Å². The Morgan fingerprint density at radius 3 is 1.72 bits per heavy atom. The van der Waals surface area contributed by atoms with Gasteiger partial charge >= 0.3 is 56.6 Å². The molecule has 0 radical (unpaired) electrons. The standard InChI is InChI=1S/C11H22F2O3S.K/c1-2-3-4-5-6-7-8-9-10-11(12,13)17(14,15)16;/h2-10H2,1H3,(H,14,15,16);/q;+1/p-1. The quantitative estimate of drug-likeness (QED) is 0.338. The molecular weight excluding hydrogens is 289 g/mol. The molecule has 0 N–H and O–H groups in total. The molecule has 0 aromatic rings. The van der Waals surface area contributed by atoms with Gasteiger partial charge in [0.25, 0.3) is 0 Å². The second-order valence-corrected chi connectivity index (χ2v) is 5.82. The molecule has 0 rings (SSSR count). The second kappa shape index (κ2) is 11.1. The van der Waals surface area contributed by atoms with E-state index in [-0.39, 0.29) is 57.8 Å². The Balaban J connectivity index is 0. The zero-order chi connectivity index (χ0) is 13.4. The van der Waals surface area contributed by atoms with Crippen LogP contribution in [0.3, 0.4) is 0 Å². The van der Waals surface area contributed by atoms with Crippen molar-refractivity contribution in [3.05, 3.63) is 0 Å². The van der Waals surface area contributed by atoms with Crippen molar-refractivity contribution in [2.45, 2.75) is 70.0 Å². The van der Waals surface area contributed by atoms with Gasteiger partial charge in [0.2, 0.25) is 0 Å². The summed E-state index contributed by atoms with van der Waals surface area (Å²) in [6.45, 7) is 2.12. The first kappa shape index (κ1) is 21.7. The average molecular weight is 310 g/mol. The van der Waals surface area contributed by atoms with Gasteiger partial charge in [-0.25, -0.2) is 8.42 Å². The SMILES string of the molecule is CCCCCCCCCCC(F)(F)S(=O)(=O)[O-].[K+]. The zero-order valence-corrected chi connectivity index (χ0v) is 15.2. The van der Waals surface area contributed by atoms with E-state index >= 15 is 0 Å². The molecule has 0 aliphatic rings. The van der Waals surface area contributed by atoms with Crippen molar-refractivity contribution < 1.29 is 73.1 Å². The smallest absolute Gasteiger partial charge is 0.743 e. The van der Waals surface area contributed by atoms with E-state index in [0.29, 0.717) is 6.42 Å². The van der Waals surface area contributed by atoms with Gasteiger partial charge in [0.05, 0.1) is 0 Å². The summed E-state index contributed by atoms with van der Waals surface area (Å²) < 4.78 is 56.0. The van der Waals surface area contributed by atoms with Crippen molar-refractivity contribution in [3.8, 4) is 0 Å². The molecule has 0 aromatic carbocycles. The summed E-state index contributed by atoms with van der Waals surface area (Å²) in [5.74, 6) is 0. The van der Waals surface area contributed by atoms with Crippen molar-refractivity contribution >= 4 is 10.1 Å². The van der Waals surface area contributed by atoms with Gasteiger partial charge in [0.15, 0.2) is 10.1 Å². The van der Waals surface area contributed by atoms with E-state index in [1.54, 1.807) is 0 Å². The minimum absolute atomic E-state index is 0. The van der Waals surface area contributed by atoms with Crippen LogP contribution in [0.25, 0.3) is 0 Å². The Hall–Kier alpha value is 1.41. The van der Waals surface area contributed by atoms with E-state index in [0.717, 1.165) is 32.1 Å². The first-order valence-electron chi connectivity index (χ1n) is 6.14. The number of halogens is 2. The molecule has 7 heteroatoms. The van der Waals surface area contributed by atoms with E-state index in [9.17, 15) is 21.8 Å². The molecule has 0 aliphatic carbocycles. The maximum atomic E-state index is 12.7. The summed E-state index contributed by atoms with van der Waals surface area (Å²) in [5.41, 5.74) is 0. The van der Waals surface area contributed by atoms with Gasteiger partial charge in [0.1, 0.15) is 0 Å². The fourth-order valence-electron chi connectivity index (χ4n) is 1.59. The molecule has 0 saturated carbocycles. The van der Waals surface area contributed by atoms with Crippen LogP contribution in [0.4, 0.5) is 8.78 Å². The van der Waals surface area contributed by atoms with Gasteiger partial charge in [-0.1, -0.05) is 51.9 Å². The maximum Gasteiger partial charge on any atom is 1.00 e. The summed E-state index contributed by atoms with van der Waals surface area (Å²) in [4.78, 5) is 0. The Labute approximate surface area is 151 Å². The van der Waals surface area contributed by atoms with Gasteiger partial charge in [-0.05, 0) is 6.42 Å². The van der Waals surface area contributed by atoms with Crippen LogP contribution < -0.4 is 51.4 Å². The largest absolute Gasteiger partial charge is 1.00 e. The van der Waals surface area contributed by atoms with Gasteiger partial charge in [0, 0.05) is 6.42 Å². The molecule has 0 aromatic heterocycles. The van der Waals surface area contributed by atoms with E-state index in [1.807, 2.05) is 0 Å². The molecule has 0 unspecified atom stereocenters. The summed E-state index contributed by atoms with van der Waals surface area (Å²) in [5, 5.41) is -4.10. The van der Waals surface area contributed by atoms with Crippen molar-refractivity contribution in [1.29, 1.82) is 0 Å². The molecule has 0 heterocycles. The molecule has 0 spiro atoms. The van der Waals surface area contributed by atoms with E-state index in [4.69, 9.17) is 0 Å². The number of hydrogen-bond acceptors (Lipinski definition) is 3. The zero-order valence-electron chi connectivity index (χ0n) is 11.3. The van der Waals surface area contributed by atoms with Crippen molar-refractivity contribution in [2.24, 2.45) is 0 Å². The van der Waals surface area contributed by atoms with Crippen LogP contribution in [-0.2, 0) is 10.1 Å². The number of rotatable bonds is 10. The number of unbranched alkanes of at least 4 members (excludes halogenated alkanes) is 7. The molecule has 0 amide bonds. The van der Waals surface area contributed by atoms with Crippen LogP contribution in [0.1, 0.15) is 64.7 Å². The van der Waals surface area contributed by atoms with Crippen LogP contribution in [0, 0.1) is 0 Å². The summed E-state index contributed by atoms with van der Waals surface area (Å²) in [6.07, 6.45) is 6.17. The summed E-state index contributed by atoms with van der Waals surface area (Å²) in [6, 6.07) is 0. The average Bonchev–Trinajstić information content (AvgIpc) is 2.20. The molecule has 0 saturated heterocycles. The fraction of sp³-hybridized carbons (Fsp3) is 1.00. The van der Waals surface area contributed by atoms with Crippen LogP contribution in [0.2, 0.25) is 0 Å². The van der Waals surface area contributed by atoms with Crippen molar-refractivity contribution in [1.82, 2.24) is 0 Å². The monoisotopic (exact) mass is 310 g/mol. The third-order valence-electron chi connectivity index (χ3n) is 2.69. The minimum atomic E-state index is -5.49.